The Morgan fingerprint density at radius 2 is 2.00 bits per heavy atom. The third-order valence-corrected chi connectivity index (χ3v) is 3.69. The van der Waals surface area contributed by atoms with Gasteiger partial charge < -0.3 is 20.1 Å². The van der Waals surface area contributed by atoms with E-state index in [9.17, 15) is 4.79 Å². The number of ether oxygens (including phenoxy) is 2. The molecule has 2 aliphatic heterocycles. The summed E-state index contributed by atoms with van der Waals surface area (Å²) in [4.78, 5) is 14.2. The minimum atomic E-state index is -0.450. The second-order valence-corrected chi connectivity index (χ2v) is 6.53. The van der Waals surface area contributed by atoms with Gasteiger partial charge in [0, 0.05) is 44.7 Å². The summed E-state index contributed by atoms with van der Waals surface area (Å²) in [6.45, 7) is 11.9. The normalized spacial score (nSPS) is 27.0. The second kappa shape index (κ2) is 8.17. The number of nitrogens with zero attached hydrogens (tertiary/aromatic N) is 1. The van der Waals surface area contributed by atoms with Crippen LogP contribution >= 0.6 is 12.4 Å². The van der Waals surface area contributed by atoms with E-state index < -0.39 is 5.60 Å². The molecular weight excluding hydrogens is 294 g/mol. The molecule has 7 heteroatoms. The summed E-state index contributed by atoms with van der Waals surface area (Å²) in [6, 6.07) is 0.409. The molecule has 2 fully saturated rings. The Morgan fingerprint density at radius 1 is 1.33 bits per heavy atom. The number of hydrogen-bond acceptors (Lipinski definition) is 5. The molecular formula is C14H28ClN3O3. The summed E-state index contributed by atoms with van der Waals surface area (Å²) >= 11 is 0. The molecule has 2 aliphatic rings. The van der Waals surface area contributed by atoms with Crippen LogP contribution in [0.15, 0.2) is 0 Å². The standard InChI is InChI=1S/C14H27N3O3.ClH/c1-14(2,3)20-13(18)16-8-11-9-19-10-12(11)17-6-4-15-5-7-17;/h11-12,15H,4-10H2,1-3H3,(H,16,18);1H/t11-,12-;/m1./s1. The molecule has 0 aromatic carbocycles. The predicted octanol–water partition coefficient (Wildman–Crippen LogP) is 0.853. The average molecular weight is 322 g/mol. The molecule has 2 saturated heterocycles. The molecule has 0 spiro atoms. The Balaban J connectivity index is 0.00000220. The van der Waals surface area contributed by atoms with E-state index in [-0.39, 0.29) is 18.5 Å². The van der Waals surface area contributed by atoms with Gasteiger partial charge in [-0.3, -0.25) is 4.90 Å². The number of halogens is 1. The summed E-state index contributed by atoms with van der Waals surface area (Å²) in [5, 5.41) is 6.22. The van der Waals surface area contributed by atoms with E-state index in [2.05, 4.69) is 15.5 Å². The number of hydrogen-bond donors (Lipinski definition) is 2. The first-order valence-corrected chi connectivity index (χ1v) is 7.45. The first-order valence-electron chi connectivity index (χ1n) is 7.45. The topological polar surface area (TPSA) is 62.8 Å². The lowest BCUT2D eigenvalue weighted by molar-refractivity contribution is 0.0509. The zero-order valence-corrected chi connectivity index (χ0v) is 14.0. The first kappa shape index (κ1) is 18.5. The fourth-order valence-corrected chi connectivity index (χ4v) is 2.73. The van der Waals surface area contributed by atoms with Gasteiger partial charge in [0.05, 0.1) is 13.2 Å². The van der Waals surface area contributed by atoms with Gasteiger partial charge in [-0.15, -0.1) is 12.4 Å². The summed E-state index contributed by atoms with van der Waals surface area (Å²) in [7, 11) is 0. The molecule has 2 atom stereocenters. The van der Waals surface area contributed by atoms with Crippen molar-refractivity contribution in [2.75, 3.05) is 45.9 Å². The summed E-state index contributed by atoms with van der Waals surface area (Å²) in [5.74, 6) is 0.348. The molecule has 0 bridgehead atoms. The highest BCUT2D eigenvalue weighted by atomic mass is 35.5. The van der Waals surface area contributed by atoms with Crippen LogP contribution in [0, 0.1) is 5.92 Å². The highest BCUT2D eigenvalue weighted by Crippen LogP contribution is 2.19. The van der Waals surface area contributed by atoms with E-state index >= 15 is 0 Å². The Morgan fingerprint density at radius 3 is 2.62 bits per heavy atom. The van der Waals surface area contributed by atoms with Crippen LogP contribution in [0.25, 0.3) is 0 Å². The molecule has 0 radical (unpaired) electrons. The van der Waals surface area contributed by atoms with Gasteiger partial charge in [-0.25, -0.2) is 4.79 Å². The Labute approximate surface area is 133 Å². The molecule has 6 nitrogen and oxygen atoms in total. The quantitative estimate of drug-likeness (QED) is 0.807. The fourth-order valence-electron chi connectivity index (χ4n) is 2.73. The summed E-state index contributed by atoms with van der Waals surface area (Å²) in [5.41, 5.74) is -0.450. The SMILES string of the molecule is CC(C)(C)OC(=O)NC[C@@H]1COC[C@H]1N1CCNCC1.Cl. The number of nitrogens with one attached hydrogen (secondary N) is 2. The van der Waals surface area contributed by atoms with Crippen LogP contribution in [0.3, 0.4) is 0 Å². The molecule has 0 saturated carbocycles. The van der Waals surface area contributed by atoms with Crippen molar-refractivity contribution >= 4 is 18.5 Å². The zero-order chi connectivity index (χ0) is 14.6. The number of piperazine rings is 1. The lowest BCUT2D eigenvalue weighted by atomic mass is 10.0. The number of alkyl carbamates (subject to hydrolysis) is 1. The van der Waals surface area contributed by atoms with Crippen molar-refractivity contribution in [3.8, 4) is 0 Å². The van der Waals surface area contributed by atoms with Crippen molar-refractivity contribution in [1.29, 1.82) is 0 Å². The van der Waals surface area contributed by atoms with E-state index in [4.69, 9.17) is 9.47 Å². The Bertz CT molecular complexity index is 330. The second-order valence-electron chi connectivity index (χ2n) is 6.53. The fraction of sp³-hybridized carbons (Fsp3) is 0.929. The van der Waals surface area contributed by atoms with Crippen LogP contribution in [0.1, 0.15) is 20.8 Å². The molecule has 21 heavy (non-hydrogen) atoms. The maximum absolute atomic E-state index is 11.7. The number of carbonyl (C=O) groups excluding carboxylic acids is 1. The average Bonchev–Trinajstić information content (AvgIpc) is 2.83. The van der Waals surface area contributed by atoms with Crippen LogP contribution in [-0.2, 0) is 9.47 Å². The van der Waals surface area contributed by atoms with E-state index in [0.29, 0.717) is 25.1 Å². The molecule has 0 unspecified atom stereocenters. The van der Waals surface area contributed by atoms with Gasteiger partial charge in [-0.2, -0.15) is 0 Å². The lowest BCUT2D eigenvalue weighted by Gasteiger charge is -2.35. The van der Waals surface area contributed by atoms with Gasteiger partial charge in [-0.1, -0.05) is 0 Å². The maximum Gasteiger partial charge on any atom is 0.407 e. The van der Waals surface area contributed by atoms with Crippen molar-refractivity contribution in [2.24, 2.45) is 5.92 Å². The maximum atomic E-state index is 11.7. The molecule has 0 aliphatic carbocycles. The molecule has 124 valence electrons. The van der Waals surface area contributed by atoms with Gasteiger partial charge in [-0.05, 0) is 20.8 Å². The molecule has 0 aromatic heterocycles. The smallest absolute Gasteiger partial charge is 0.407 e. The van der Waals surface area contributed by atoms with Crippen LogP contribution in [0.2, 0.25) is 0 Å². The van der Waals surface area contributed by atoms with Gasteiger partial charge in [0.1, 0.15) is 5.60 Å². The monoisotopic (exact) mass is 321 g/mol. The van der Waals surface area contributed by atoms with Crippen LogP contribution in [0.4, 0.5) is 4.79 Å². The predicted molar refractivity (Wildman–Crippen MR) is 84.0 cm³/mol. The van der Waals surface area contributed by atoms with Crippen LogP contribution < -0.4 is 10.6 Å². The van der Waals surface area contributed by atoms with E-state index in [0.717, 1.165) is 32.8 Å². The van der Waals surface area contributed by atoms with Crippen molar-refractivity contribution < 1.29 is 14.3 Å². The Hall–Kier alpha value is -0.560. The van der Waals surface area contributed by atoms with Gasteiger partial charge in [0.15, 0.2) is 0 Å². The van der Waals surface area contributed by atoms with Crippen molar-refractivity contribution in [1.82, 2.24) is 15.5 Å². The van der Waals surface area contributed by atoms with Gasteiger partial charge >= 0.3 is 6.09 Å². The van der Waals surface area contributed by atoms with Crippen molar-refractivity contribution in [2.45, 2.75) is 32.4 Å². The van der Waals surface area contributed by atoms with Crippen LogP contribution in [0.5, 0.6) is 0 Å². The van der Waals surface area contributed by atoms with E-state index in [1.807, 2.05) is 20.8 Å². The number of amides is 1. The highest BCUT2D eigenvalue weighted by molar-refractivity contribution is 5.85. The van der Waals surface area contributed by atoms with E-state index in [1.165, 1.54) is 0 Å². The lowest BCUT2D eigenvalue weighted by Crippen LogP contribution is -2.52. The number of carbonyl (C=O) groups is 1. The summed E-state index contributed by atoms with van der Waals surface area (Å²) in [6.07, 6.45) is -0.344. The zero-order valence-electron chi connectivity index (χ0n) is 13.2. The van der Waals surface area contributed by atoms with Crippen molar-refractivity contribution in [3.05, 3.63) is 0 Å². The van der Waals surface area contributed by atoms with E-state index in [1.54, 1.807) is 0 Å². The minimum absolute atomic E-state index is 0. The molecule has 2 N–H and O–H groups in total. The highest BCUT2D eigenvalue weighted by Gasteiger charge is 2.34. The minimum Gasteiger partial charge on any atom is -0.444 e. The molecule has 2 heterocycles. The summed E-state index contributed by atoms with van der Waals surface area (Å²) < 4.78 is 10.9. The molecule has 1 amide bonds. The Kier molecular flexibility index (Phi) is 7.20. The molecule has 0 aromatic rings. The van der Waals surface area contributed by atoms with Crippen LogP contribution in [-0.4, -0.2) is 68.6 Å². The molecule has 2 rings (SSSR count). The third-order valence-electron chi connectivity index (χ3n) is 3.69. The number of rotatable bonds is 3. The van der Waals surface area contributed by atoms with Gasteiger partial charge in [0.25, 0.3) is 0 Å². The first-order chi connectivity index (χ1) is 9.46. The largest absolute Gasteiger partial charge is 0.444 e. The van der Waals surface area contributed by atoms with Crippen molar-refractivity contribution in [3.63, 3.8) is 0 Å². The third kappa shape index (κ3) is 5.98. The van der Waals surface area contributed by atoms with Gasteiger partial charge in [0.2, 0.25) is 0 Å².